The van der Waals surface area contributed by atoms with Gasteiger partial charge in [-0.15, -0.1) is 0 Å². The van der Waals surface area contributed by atoms with Crippen LogP contribution in [0.1, 0.15) is 13.8 Å². The summed E-state index contributed by atoms with van der Waals surface area (Å²) in [7, 11) is -2.28. The highest BCUT2D eigenvalue weighted by Crippen LogP contribution is 2.36. The lowest BCUT2D eigenvalue weighted by molar-refractivity contribution is -0.117. The third-order valence-electron chi connectivity index (χ3n) is 4.02. The molecule has 8 heteroatoms. The van der Waals surface area contributed by atoms with Gasteiger partial charge in [-0.3, -0.25) is 9.52 Å². The van der Waals surface area contributed by atoms with Crippen LogP contribution >= 0.6 is 0 Å². The molecule has 7 nitrogen and oxygen atoms in total. The average molecular weight is 376 g/mol. The van der Waals surface area contributed by atoms with Gasteiger partial charge in [0.15, 0.2) is 0 Å². The van der Waals surface area contributed by atoms with E-state index >= 15 is 0 Å². The van der Waals surface area contributed by atoms with Crippen molar-refractivity contribution in [2.45, 2.75) is 24.8 Å². The number of nitrogens with one attached hydrogen (secondary N) is 1. The Morgan fingerprint density at radius 1 is 1.23 bits per heavy atom. The maximum absolute atomic E-state index is 12.7. The number of fused-ring (bicyclic) bond motifs is 1. The van der Waals surface area contributed by atoms with Crippen molar-refractivity contribution in [2.24, 2.45) is 0 Å². The molecule has 1 aliphatic heterocycles. The first-order valence-corrected chi connectivity index (χ1v) is 9.54. The van der Waals surface area contributed by atoms with Gasteiger partial charge in [0.1, 0.15) is 17.6 Å². The molecule has 1 N–H and O–H groups in total. The summed E-state index contributed by atoms with van der Waals surface area (Å²) in [5.74, 6) is 0.950. The lowest BCUT2D eigenvalue weighted by atomic mass is 10.2. The normalized spacial score (nSPS) is 16.4. The van der Waals surface area contributed by atoms with E-state index < -0.39 is 10.0 Å². The molecule has 1 atom stereocenters. The Morgan fingerprint density at radius 3 is 2.54 bits per heavy atom. The Hall–Kier alpha value is -2.74. The molecule has 0 fully saturated rings. The van der Waals surface area contributed by atoms with Gasteiger partial charge >= 0.3 is 0 Å². The predicted octanol–water partition coefficient (Wildman–Crippen LogP) is 2.63. The Balaban J connectivity index is 1.93. The lowest BCUT2D eigenvalue weighted by Crippen LogP contribution is -2.41. The van der Waals surface area contributed by atoms with Gasteiger partial charge in [0.25, 0.3) is 10.0 Å². The van der Waals surface area contributed by atoms with E-state index in [1.165, 1.54) is 31.1 Å². The van der Waals surface area contributed by atoms with Gasteiger partial charge < -0.3 is 14.4 Å². The number of carbonyl (C=O) groups excluding carboxylic acids is 1. The molecule has 2 aromatic rings. The monoisotopic (exact) mass is 376 g/mol. The summed E-state index contributed by atoms with van der Waals surface area (Å²) >= 11 is 0. The second-order valence-electron chi connectivity index (χ2n) is 6.02. The molecule has 0 saturated heterocycles. The second-order valence-corrected chi connectivity index (χ2v) is 7.70. The smallest absolute Gasteiger partial charge is 0.261 e. The van der Waals surface area contributed by atoms with Gasteiger partial charge in [0, 0.05) is 12.6 Å². The third-order valence-corrected chi connectivity index (χ3v) is 5.40. The molecule has 0 aromatic heterocycles. The van der Waals surface area contributed by atoms with Crippen LogP contribution in [0.4, 0.5) is 11.4 Å². The summed E-state index contributed by atoms with van der Waals surface area (Å²) in [5, 5.41) is 0. The Bertz CT molecular complexity index is 925. The van der Waals surface area contributed by atoms with Gasteiger partial charge in [-0.05, 0) is 49.4 Å². The van der Waals surface area contributed by atoms with Crippen molar-refractivity contribution in [3.05, 3.63) is 42.5 Å². The summed E-state index contributed by atoms with van der Waals surface area (Å²) in [6.07, 6.45) is -0.161. The molecule has 3 rings (SSSR count). The predicted molar refractivity (Wildman–Crippen MR) is 98.4 cm³/mol. The fourth-order valence-electron chi connectivity index (χ4n) is 2.76. The summed E-state index contributed by atoms with van der Waals surface area (Å²) in [4.78, 5) is 13.5. The molecule has 1 amide bonds. The molecule has 1 aliphatic rings. The topological polar surface area (TPSA) is 84.9 Å². The van der Waals surface area contributed by atoms with Crippen LogP contribution in [0.5, 0.6) is 11.5 Å². The first-order valence-electron chi connectivity index (χ1n) is 8.06. The summed E-state index contributed by atoms with van der Waals surface area (Å²) in [5.41, 5.74) is 0.866. The molecule has 0 saturated carbocycles. The van der Waals surface area contributed by atoms with E-state index in [0.717, 1.165) is 0 Å². The number of methoxy groups -OCH3 is 1. The van der Waals surface area contributed by atoms with E-state index in [2.05, 4.69) is 4.72 Å². The zero-order valence-electron chi connectivity index (χ0n) is 14.7. The van der Waals surface area contributed by atoms with Crippen LogP contribution in [0.15, 0.2) is 47.4 Å². The Labute approximate surface area is 152 Å². The van der Waals surface area contributed by atoms with E-state index in [9.17, 15) is 13.2 Å². The number of benzene rings is 2. The van der Waals surface area contributed by atoms with E-state index in [1.807, 2.05) is 6.92 Å². The van der Waals surface area contributed by atoms with Crippen LogP contribution in [-0.4, -0.2) is 34.1 Å². The highest BCUT2D eigenvalue weighted by molar-refractivity contribution is 7.92. The number of rotatable bonds is 4. The van der Waals surface area contributed by atoms with Crippen molar-refractivity contribution < 1.29 is 22.7 Å². The minimum atomic E-state index is -3.81. The van der Waals surface area contributed by atoms with Crippen LogP contribution in [-0.2, 0) is 14.8 Å². The second kappa shape index (κ2) is 6.87. The van der Waals surface area contributed by atoms with E-state index in [1.54, 1.807) is 30.3 Å². The molecule has 0 spiro atoms. The molecule has 1 heterocycles. The van der Waals surface area contributed by atoms with E-state index in [0.29, 0.717) is 29.4 Å². The first-order chi connectivity index (χ1) is 12.3. The number of sulfonamides is 1. The van der Waals surface area contributed by atoms with Crippen molar-refractivity contribution in [1.82, 2.24) is 0 Å². The number of hydrogen-bond acceptors (Lipinski definition) is 5. The minimum absolute atomic E-state index is 0.0523. The van der Waals surface area contributed by atoms with Crippen LogP contribution in [0.3, 0.4) is 0 Å². The van der Waals surface area contributed by atoms with Crippen LogP contribution in [0.2, 0.25) is 0 Å². The molecule has 26 heavy (non-hydrogen) atoms. The van der Waals surface area contributed by atoms with Gasteiger partial charge in [0.05, 0.1) is 24.2 Å². The molecule has 0 bridgehead atoms. The quantitative estimate of drug-likeness (QED) is 0.887. The summed E-state index contributed by atoms with van der Waals surface area (Å²) in [6, 6.07) is 11.0. The summed E-state index contributed by atoms with van der Waals surface area (Å²) < 4.78 is 38.7. The van der Waals surface area contributed by atoms with Crippen molar-refractivity contribution in [3.63, 3.8) is 0 Å². The zero-order chi connectivity index (χ0) is 18.9. The molecule has 0 aliphatic carbocycles. The van der Waals surface area contributed by atoms with Crippen LogP contribution in [0.25, 0.3) is 0 Å². The standard InChI is InChI=1S/C18H20N2O5S/c1-12-11-20(13(2)21)17-10-16(8-9-18(17)25-12)26(22,23)19-14-4-6-15(24-3)7-5-14/h4-10,12,19H,11H2,1-3H3. The molecular weight excluding hydrogens is 356 g/mol. The van der Waals surface area contributed by atoms with Crippen molar-refractivity contribution in [2.75, 3.05) is 23.3 Å². The summed E-state index contributed by atoms with van der Waals surface area (Å²) in [6.45, 7) is 3.67. The maximum atomic E-state index is 12.7. The number of hydrogen-bond donors (Lipinski definition) is 1. The van der Waals surface area contributed by atoms with E-state index in [4.69, 9.17) is 9.47 Å². The highest BCUT2D eigenvalue weighted by atomic mass is 32.2. The zero-order valence-corrected chi connectivity index (χ0v) is 15.5. The molecular formula is C18H20N2O5S. The minimum Gasteiger partial charge on any atom is -0.497 e. The van der Waals surface area contributed by atoms with Gasteiger partial charge in [0.2, 0.25) is 5.91 Å². The van der Waals surface area contributed by atoms with Gasteiger partial charge in [-0.25, -0.2) is 8.42 Å². The van der Waals surface area contributed by atoms with Crippen molar-refractivity contribution >= 4 is 27.3 Å². The third kappa shape index (κ3) is 3.60. The molecule has 138 valence electrons. The van der Waals surface area contributed by atoms with Crippen LogP contribution < -0.4 is 19.1 Å². The first kappa shape index (κ1) is 18.1. The van der Waals surface area contributed by atoms with Gasteiger partial charge in [-0.1, -0.05) is 0 Å². The SMILES string of the molecule is COc1ccc(NS(=O)(=O)c2ccc3c(c2)N(C(C)=O)CC(C)O3)cc1. The van der Waals surface area contributed by atoms with E-state index in [-0.39, 0.29) is 16.9 Å². The number of ether oxygens (including phenoxy) is 2. The fourth-order valence-corrected chi connectivity index (χ4v) is 3.83. The molecule has 0 radical (unpaired) electrons. The largest absolute Gasteiger partial charge is 0.497 e. The Kier molecular flexibility index (Phi) is 4.78. The number of nitrogens with zero attached hydrogens (tertiary/aromatic N) is 1. The highest BCUT2D eigenvalue weighted by Gasteiger charge is 2.27. The maximum Gasteiger partial charge on any atom is 0.261 e. The lowest BCUT2D eigenvalue weighted by Gasteiger charge is -2.33. The number of anilines is 2. The Morgan fingerprint density at radius 2 is 1.92 bits per heavy atom. The number of carbonyl (C=O) groups is 1. The van der Waals surface area contributed by atoms with Gasteiger partial charge in [-0.2, -0.15) is 0 Å². The molecule has 1 unspecified atom stereocenters. The van der Waals surface area contributed by atoms with Crippen LogP contribution in [0, 0.1) is 0 Å². The average Bonchev–Trinajstić information content (AvgIpc) is 2.60. The van der Waals surface area contributed by atoms with Crippen molar-refractivity contribution in [1.29, 1.82) is 0 Å². The molecule has 2 aromatic carbocycles. The fraction of sp³-hybridized carbons (Fsp3) is 0.278. The number of amides is 1. The van der Waals surface area contributed by atoms with Crippen molar-refractivity contribution in [3.8, 4) is 11.5 Å².